The Morgan fingerprint density at radius 2 is 1.96 bits per heavy atom. The first-order valence-electron chi connectivity index (χ1n) is 8.91. The average molecular weight is 369 g/mol. The highest BCUT2D eigenvalue weighted by molar-refractivity contribution is 6.30. The summed E-state index contributed by atoms with van der Waals surface area (Å²) < 4.78 is 0. The van der Waals surface area contributed by atoms with Crippen molar-refractivity contribution in [2.24, 2.45) is 17.6 Å². The third-order valence-corrected chi connectivity index (χ3v) is 6.68. The molecule has 3 unspecified atom stereocenters. The number of amides is 1. The number of benzene rings is 1. The van der Waals surface area contributed by atoms with Crippen LogP contribution in [0.3, 0.4) is 0 Å². The van der Waals surface area contributed by atoms with E-state index in [1.54, 1.807) is 0 Å². The van der Waals surface area contributed by atoms with Crippen molar-refractivity contribution in [1.29, 1.82) is 0 Å². The molecule has 0 aromatic heterocycles. The number of nitrogens with zero attached hydrogens (tertiary/aromatic N) is 1. The van der Waals surface area contributed by atoms with Crippen LogP contribution in [0.2, 0.25) is 5.02 Å². The number of likely N-dealkylation sites (tertiary alicyclic amines) is 1. The summed E-state index contributed by atoms with van der Waals surface area (Å²) in [6, 6.07) is 8.21. The van der Waals surface area contributed by atoms with Crippen LogP contribution in [0.25, 0.3) is 0 Å². The summed E-state index contributed by atoms with van der Waals surface area (Å²) in [7, 11) is 0. The van der Waals surface area contributed by atoms with Gasteiger partial charge in [-0.05, 0) is 55.2 Å². The molecule has 1 saturated heterocycles. The normalized spacial score (nSPS) is 30.9. The first-order chi connectivity index (χ1) is 11.1. The molecule has 1 aromatic carbocycles. The molecule has 1 aromatic rings. The van der Waals surface area contributed by atoms with E-state index in [2.05, 4.69) is 11.0 Å². The lowest BCUT2D eigenvalue weighted by atomic mass is 9.77. The minimum Gasteiger partial charge on any atom is -0.341 e. The number of halogens is 2. The smallest absolute Gasteiger partial charge is 0.233 e. The molecule has 5 heteroatoms. The molecule has 3 nitrogen and oxygen atoms in total. The van der Waals surface area contributed by atoms with Crippen LogP contribution in [0.1, 0.15) is 44.1 Å². The Morgan fingerprint density at radius 3 is 2.62 bits per heavy atom. The van der Waals surface area contributed by atoms with Gasteiger partial charge in [0.15, 0.2) is 0 Å². The van der Waals surface area contributed by atoms with Crippen LogP contribution in [0.4, 0.5) is 0 Å². The van der Waals surface area contributed by atoms with Crippen molar-refractivity contribution >= 4 is 29.9 Å². The highest BCUT2D eigenvalue weighted by Crippen LogP contribution is 2.45. The van der Waals surface area contributed by atoms with E-state index >= 15 is 0 Å². The number of fused-ring (bicyclic) bond motifs is 1. The van der Waals surface area contributed by atoms with Crippen LogP contribution in [-0.2, 0) is 10.2 Å². The molecule has 1 heterocycles. The Balaban J connectivity index is 0.00000169. The molecule has 4 rings (SSSR count). The molecule has 24 heavy (non-hydrogen) atoms. The van der Waals surface area contributed by atoms with Gasteiger partial charge in [-0.2, -0.15) is 0 Å². The largest absolute Gasteiger partial charge is 0.341 e. The number of carbonyl (C=O) groups excluding carboxylic acids is 1. The number of rotatable bonds is 2. The fraction of sp³-hybridized carbons (Fsp3) is 0.632. The Kier molecular flexibility index (Phi) is 5.15. The van der Waals surface area contributed by atoms with Gasteiger partial charge in [0.2, 0.25) is 5.91 Å². The topological polar surface area (TPSA) is 46.3 Å². The molecule has 132 valence electrons. The molecular weight excluding hydrogens is 343 g/mol. The van der Waals surface area contributed by atoms with Crippen LogP contribution < -0.4 is 5.73 Å². The van der Waals surface area contributed by atoms with Crippen LogP contribution in [0.15, 0.2) is 24.3 Å². The fourth-order valence-corrected chi connectivity index (χ4v) is 5.36. The van der Waals surface area contributed by atoms with Gasteiger partial charge < -0.3 is 10.6 Å². The van der Waals surface area contributed by atoms with E-state index in [0.29, 0.717) is 17.7 Å². The van der Waals surface area contributed by atoms with Crippen LogP contribution in [-0.4, -0.2) is 29.9 Å². The quantitative estimate of drug-likeness (QED) is 0.863. The fourth-order valence-electron chi connectivity index (χ4n) is 5.17. The van der Waals surface area contributed by atoms with Gasteiger partial charge in [0, 0.05) is 24.2 Å². The van der Waals surface area contributed by atoms with Gasteiger partial charge >= 0.3 is 0 Å². The third-order valence-electron chi connectivity index (χ3n) is 6.44. The summed E-state index contributed by atoms with van der Waals surface area (Å²) in [5, 5.41) is 0.724. The van der Waals surface area contributed by atoms with Crippen LogP contribution in [0.5, 0.6) is 0 Å². The maximum Gasteiger partial charge on any atom is 0.233 e. The molecule has 2 saturated carbocycles. The minimum absolute atomic E-state index is 0. The van der Waals surface area contributed by atoms with E-state index in [9.17, 15) is 4.79 Å². The third kappa shape index (κ3) is 2.85. The maximum absolute atomic E-state index is 13.5. The molecule has 0 bridgehead atoms. The van der Waals surface area contributed by atoms with Crippen molar-refractivity contribution in [2.45, 2.75) is 50.0 Å². The summed E-state index contributed by atoms with van der Waals surface area (Å²) in [6.07, 6.45) is 6.45. The van der Waals surface area contributed by atoms with Gasteiger partial charge in [0.25, 0.3) is 0 Å². The maximum atomic E-state index is 13.5. The van der Waals surface area contributed by atoms with Crippen molar-refractivity contribution in [1.82, 2.24) is 4.90 Å². The van der Waals surface area contributed by atoms with Gasteiger partial charge in [-0.25, -0.2) is 0 Å². The van der Waals surface area contributed by atoms with Crippen molar-refractivity contribution in [3.8, 4) is 0 Å². The van der Waals surface area contributed by atoms with Gasteiger partial charge in [-0.3, -0.25) is 4.79 Å². The molecule has 3 atom stereocenters. The van der Waals surface area contributed by atoms with Gasteiger partial charge in [0.05, 0.1) is 5.41 Å². The number of hydrogen-bond donors (Lipinski definition) is 1. The molecule has 3 fully saturated rings. The zero-order valence-corrected chi connectivity index (χ0v) is 15.5. The number of nitrogens with two attached hydrogens (primary N) is 1. The van der Waals surface area contributed by atoms with Crippen LogP contribution >= 0.6 is 24.0 Å². The zero-order valence-electron chi connectivity index (χ0n) is 13.9. The van der Waals surface area contributed by atoms with Gasteiger partial charge in [-0.15, -0.1) is 12.4 Å². The van der Waals surface area contributed by atoms with E-state index in [4.69, 9.17) is 17.3 Å². The Morgan fingerprint density at radius 1 is 1.21 bits per heavy atom. The molecule has 2 aliphatic carbocycles. The Bertz CT molecular complexity index is 615. The summed E-state index contributed by atoms with van der Waals surface area (Å²) in [6.45, 7) is 1.76. The SMILES string of the molecule is Cl.NC1CCC2CN(C(=O)C3(c4cccc(Cl)c4)CCCC3)CC12. The van der Waals surface area contributed by atoms with Crippen LogP contribution in [0, 0.1) is 11.8 Å². The lowest BCUT2D eigenvalue weighted by molar-refractivity contribution is -0.136. The summed E-state index contributed by atoms with van der Waals surface area (Å²) in [5.41, 5.74) is 7.00. The number of hydrogen-bond acceptors (Lipinski definition) is 2. The second-order valence-corrected chi connectivity index (χ2v) is 8.11. The lowest BCUT2D eigenvalue weighted by Gasteiger charge is -2.33. The van der Waals surface area contributed by atoms with Crippen molar-refractivity contribution in [3.05, 3.63) is 34.9 Å². The zero-order chi connectivity index (χ0) is 16.0. The lowest BCUT2D eigenvalue weighted by Crippen LogP contribution is -2.45. The van der Waals surface area contributed by atoms with E-state index in [1.807, 2.05) is 18.2 Å². The highest BCUT2D eigenvalue weighted by Gasteiger charge is 2.49. The van der Waals surface area contributed by atoms with E-state index in [1.165, 1.54) is 6.42 Å². The Hall–Kier alpha value is -0.770. The predicted octanol–water partition coefficient (Wildman–Crippen LogP) is 3.77. The summed E-state index contributed by atoms with van der Waals surface area (Å²) in [4.78, 5) is 15.6. The second kappa shape index (κ2) is 6.86. The number of carbonyl (C=O) groups is 1. The van der Waals surface area contributed by atoms with E-state index in [0.717, 1.165) is 55.8 Å². The van der Waals surface area contributed by atoms with Gasteiger partial charge in [-0.1, -0.05) is 36.6 Å². The van der Waals surface area contributed by atoms with Crippen molar-refractivity contribution in [2.75, 3.05) is 13.1 Å². The average Bonchev–Trinajstić information content (AvgIpc) is 3.25. The molecular formula is C19H26Cl2N2O. The second-order valence-electron chi connectivity index (χ2n) is 7.67. The summed E-state index contributed by atoms with van der Waals surface area (Å²) in [5.74, 6) is 1.45. The molecule has 1 amide bonds. The monoisotopic (exact) mass is 368 g/mol. The highest BCUT2D eigenvalue weighted by atomic mass is 35.5. The van der Waals surface area contributed by atoms with Crippen molar-refractivity contribution < 1.29 is 4.79 Å². The molecule has 0 radical (unpaired) electrons. The minimum atomic E-state index is -0.354. The molecule has 0 spiro atoms. The summed E-state index contributed by atoms with van der Waals surface area (Å²) >= 11 is 6.21. The molecule has 1 aliphatic heterocycles. The predicted molar refractivity (Wildman–Crippen MR) is 99.6 cm³/mol. The van der Waals surface area contributed by atoms with Crippen molar-refractivity contribution in [3.63, 3.8) is 0 Å². The van der Waals surface area contributed by atoms with E-state index in [-0.39, 0.29) is 23.9 Å². The first-order valence-corrected chi connectivity index (χ1v) is 9.29. The van der Waals surface area contributed by atoms with Gasteiger partial charge in [0.1, 0.15) is 0 Å². The standard InChI is InChI=1S/C19H25ClN2O.ClH/c20-15-5-3-4-14(10-15)19(8-1-2-9-19)18(23)22-11-13-6-7-17(21)16(13)12-22;/h3-5,10,13,16-17H,1-2,6-9,11-12,21H2;1H. The molecule has 3 aliphatic rings. The Labute approximate surface area is 155 Å². The van der Waals surface area contributed by atoms with E-state index < -0.39 is 0 Å². The molecule has 2 N–H and O–H groups in total. The first kappa shape index (κ1) is 18.0.